The Labute approximate surface area is 183 Å². The second-order valence-corrected chi connectivity index (χ2v) is 8.25. The summed E-state index contributed by atoms with van der Waals surface area (Å²) < 4.78 is 9.11. The van der Waals surface area contributed by atoms with Gasteiger partial charge in [-0.25, -0.2) is 4.68 Å². The van der Waals surface area contributed by atoms with Crippen LogP contribution in [-0.4, -0.2) is 47.8 Å². The van der Waals surface area contributed by atoms with Crippen molar-refractivity contribution in [2.24, 2.45) is 0 Å². The summed E-state index contributed by atoms with van der Waals surface area (Å²) in [5, 5.41) is 19.9. The minimum absolute atomic E-state index is 0.0226. The first kappa shape index (κ1) is 19.1. The fourth-order valence-electron chi connectivity index (χ4n) is 4.52. The van der Waals surface area contributed by atoms with E-state index in [1.165, 1.54) is 0 Å². The molecular formula is C23H23N7O2. The maximum Gasteiger partial charge on any atom is 0.297 e. The van der Waals surface area contributed by atoms with Crippen molar-refractivity contribution in [2.45, 2.75) is 38.3 Å². The van der Waals surface area contributed by atoms with E-state index in [2.05, 4.69) is 22.3 Å². The maximum absolute atomic E-state index is 13.2. The summed E-state index contributed by atoms with van der Waals surface area (Å²) in [4.78, 5) is 14.8. The maximum atomic E-state index is 13.2. The quantitative estimate of drug-likeness (QED) is 0.478. The first-order valence-corrected chi connectivity index (χ1v) is 11.0. The van der Waals surface area contributed by atoms with Crippen LogP contribution in [0, 0.1) is 0 Å². The molecule has 0 amide bonds. The highest BCUT2D eigenvalue weighted by atomic mass is 16.5. The zero-order valence-corrected chi connectivity index (χ0v) is 17.6. The largest absolute Gasteiger partial charge is 0.379 e. The highest BCUT2D eigenvalue weighted by molar-refractivity contribution is 5.58. The van der Waals surface area contributed by atoms with Crippen molar-refractivity contribution < 1.29 is 4.74 Å². The number of nitrogens with zero attached hydrogens (tertiary/aromatic N) is 7. The predicted molar refractivity (Wildman–Crippen MR) is 118 cm³/mol. The van der Waals surface area contributed by atoms with E-state index in [4.69, 9.17) is 14.9 Å². The lowest BCUT2D eigenvalue weighted by molar-refractivity contribution is 0.0540. The van der Waals surface area contributed by atoms with Crippen LogP contribution in [0.5, 0.6) is 0 Å². The number of aromatic nitrogens is 7. The molecule has 9 heteroatoms. The van der Waals surface area contributed by atoms with Crippen LogP contribution in [0.25, 0.3) is 29.2 Å². The molecule has 4 heterocycles. The average Bonchev–Trinajstić information content (AvgIpc) is 3.49. The molecule has 1 aromatic heterocycles. The summed E-state index contributed by atoms with van der Waals surface area (Å²) in [7, 11) is 0. The van der Waals surface area contributed by atoms with Crippen molar-refractivity contribution in [2.75, 3.05) is 13.2 Å². The van der Waals surface area contributed by atoms with Gasteiger partial charge in [-0.05, 0) is 43.4 Å². The van der Waals surface area contributed by atoms with E-state index in [-0.39, 0.29) is 11.6 Å². The van der Waals surface area contributed by atoms with Crippen LogP contribution in [-0.2, 0) is 11.3 Å². The van der Waals surface area contributed by atoms with Gasteiger partial charge in [-0.2, -0.15) is 25.2 Å². The molecular weight excluding hydrogens is 406 g/mol. The number of rotatable bonds is 4. The third-order valence-electron chi connectivity index (χ3n) is 6.13. The molecule has 0 bridgehead atoms. The lowest BCUT2D eigenvalue weighted by Crippen LogP contribution is -2.41. The van der Waals surface area contributed by atoms with E-state index in [1.54, 1.807) is 21.9 Å². The van der Waals surface area contributed by atoms with Crippen molar-refractivity contribution in [1.82, 2.24) is 34.6 Å². The summed E-state index contributed by atoms with van der Waals surface area (Å²) in [6, 6.07) is 8.02. The van der Waals surface area contributed by atoms with Crippen molar-refractivity contribution in [3.8, 4) is 17.1 Å². The van der Waals surface area contributed by atoms with Gasteiger partial charge in [0.25, 0.3) is 5.56 Å². The number of benzene rings is 1. The van der Waals surface area contributed by atoms with E-state index in [1.807, 2.05) is 28.9 Å². The molecule has 2 aromatic rings. The molecule has 0 N–H and O–H groups in total. The van der Waals surface area contributed by atoms with Gasteiger partial charge in [0, 0.05) is 11.8 Å². The molecule has 4 aliphatic rings. The topological polar surface area (TPSA) is 92.6 Å². The number of hydrogen-bond donors (Lipinski definition) is 0. The third kappa shape index (κ3) is 3.25. The molecule has 32 heavy (non-hydrogen) atoms. The monoisotopic (exact) mass is 429 g/mol. The van der Waals surface area contributed by atoms with Crippen LogP contribution in [0.2, 0.25) is 0 Å². The SMILES string of the molecule is O=c1c2nn(Cc3ccc(-n4nccn4)cc3)c3c(c-2nn1C1CCCOC1)=CCCC=3. The molecule has 3 aliphatic heterocycles. The van der Waals surface area contributed by atoms with Gasteiger partial charge in [0.2, 0.25) is 0 Å². The van der Waals surface area contributed by atoms with Crippen LogP contribution < -0.4 is 16.1 Å². The molecule has 1 fully saturated rings. The molecule has 162 valence electrons. The smallest absolute Gasteiger partial charge is 0.297 e. The summed E-state index contributed by atoms with van der Waals surface area (Å²) in [6.07, 6.45) is 11.4. The Morgan fingerprint density at radius 3 is 2.59 bits per heavy atom. The fourth-order valence-corrected chi connectivity index (χ4v) is 4.52. The number of fused-ring (bicyclic) bond motifs is 3. The van der Waals surface area contributed by atoms with Crippen LogP contribution in [0.3, 0.4) is 0 Å². The van der Waals surface area contributed by atoms with E-state index in [9.17, 15) is 4.79 Å². The normalized spacial score (nSPS) is 18.2. The van der Waals surface area contributed by atoms with Crippen molar-refractivity contribution >= 4 is 12.2 Å². The Kier molecular flexibility index (Phi) is 4.68. The van der Waals surface area contributed by atoms with Crippen LogP contribution in [0.15, 0.2) is 41.5 Å². The molecule has 0 radical (unpaired) electrons. The summed E-state index contributed by atoms with van der Waals surface area (Å²) >= 11 is 0. The van der Waals surface area contributed by atoms with Crippen molar-refractivity contribution in [3.05, 3.63) is 63.1 Å². The Balaban J connectivity index is 1.43. The molecule has 1 aliphatic carbocycles. The van der Waals surface area contributed by atoms with Gasteiger partial charge in [-0.1, -0.05) is 24.3 Å². The molecule has 1 aromatic carbocycles. The first-order valence-electron chi connectivity index (χ1n) is 11.0. The molecule has 9 nitrogen and oxygen atoms in total. The van der Waals surface area contributed by atoms with E-state index in [0.29, 0.717) is 24.5 Å². The highest BCUT2D eigenvalue weighted by Gasteiger charge is 2.26. The zero-order valence-electron chi connectivity index (χ0n) is 17.6. The summed E-state index contributed by atoms with van der Waals surface area (Å²) in [5.74, 6) is 0. The lowest BCUT2D eigenvalue weighted by Gasteiger charge is -2.21. The van der Waals surface area contributed by atoms with Crippen LogP contribution in [0.4, 0.5) is 0 Å². The Hall–Kier alpha value is -3.59. The minimum Gasteiger partial charge on any atom is -0.379 e. The Morgan fingerprint density at radius 2 is 1.81 bits per heavy atom. The van der Waals surface area contributed by atoms with Gasteiger partial charge >= 0.3 is 0 Å². The number of ether oxygens (including phenoxy) is 1. The van der Waals surface area contributed by atoms with E-state index in [0.717, 1.165) is 54.1 Å². The zero-order chi connectivity index (χ0) is 21.5. The molecule has 1 unspecified atom stereocenters. The standard InChI is InChI=1S/C23H23N7O2/c31-23-22-21(27-29(23)18-4-3-13-32-15-18)19-5-1-2-6-20(19)28(26-22)14-16-7-9-17(10-8-16)30-24-11-12-25-30/h5-12,18H,1-4,13-15H2. The average molecular weight is 429 g/mol. The summed E-state index contributed by atoms with van der Waals surface area (Å²) in [6.45, 7) is 1.84. The fraction of sp³-hybridized carbons (Fsp3) is 0.348. The second-order valence-electron chi connectivity index (χ2n) is 8.25. The lowest BCUT2D eigenvalue weighted by atomic mass is 10.1. The molecule has 0 spiro atoms. The van der Waals surface area contributed by atoms with E-state index >= 15 is 0 Å². The molecule has 1 saturated heterocycles. The molecule has 0 saturated carbocycles. The van der Waals surface area contributed by atoms with Gasteiger partial charge in [-0.3, -0.25) is 9.48 Å². The Bertz CT molecular complexity index is 1390. The van der Waals surface area contributed by atoms with Crippen LogP contribution >= 0.6 is 0 Å². The van der Waals surface area contributed by atoms with Gasteiger partial charge < -0.3 is 4.74 Å². The minimum atomic E-state index is -0.133. The van der Waals surface area contributed by atoms with Crippen molar-refractivity contribution in [3.63, 3.8) is 0 Å². The van der Waals surface area contributed by atoms with Gasteiger partial charge in [0.15, 0.2) is 5.69 Å². The third-order valence-corrected chi connectivity index (χ3v) is 6.13. The molecule has 1 atom stereocenters. The van der Waals surface area contributed by atoms with Gasteiger partial charge in [0.1, 0.15) is 5.69 Å². The van der Waals surface area contributed by atoms with Gasteiger partial charge in [-0.15, -0.1) is 0 Å². The molecule has 6 rings (SSSR count). The predicted octanol–water partition coefficient (Wildman–Crippen LogP) is 0.880. The summed E-state index contributed by atoms with van der Waals surface area (Å²) in [5.41, 5.74) is 2.97. The number of hydrogen-bond acceptors (Lipinski definition) is 6. The first-order chi connectivity index (χ1) is 15.8. The second kappa shape index (κ2) is 7.83. The van der Waals surface area contributed by atoms with Gasteiger partial charge in [0.05, 0.1) is 42.6 Å². The van der Waals surface area contributed by atoms with E-state index < -0.39 is 0 Å². The highest BCUT2D eigenvalue weighted by Crippen LogP contribution is 2.19. The van der Waals surface area contributed by atoms with Crippen LogP contribution in [0.1, 0.15) is 37.3 Å². The Morgan fingerprint density at radius 1 is 1.00 bits per heavy atom. The van der Waals surface area contributed by atoms with Crippen molar-refractivity contribution in [1.29, 1.82) is 0 Å².